The van der Waals surface area contributed by atoms with Gasteiger partial charge >= 0.3 is 7.15 Å². The molecule has 10 heteroatoms. The van der Waals surface area contributed by atoms with Crippen LogP contribution in [0.1, 0.15) is 28.7 Å². The number of hydrogen-bond acceptors (Lipinski definition) is 9. The summed E-state index contributed by atoms with van der Waals surface area (Å²) < 4.78 is 44.5. The van der Waals surface area contributed by atoms with E-state index in [1.165, 1.54) is 0 Å². The normalized spacial score (nSPS) is 24.1. The lowest BCUT2D eigenvalue weighted by molar-refractivity contribution is -0.255. The van der Waals surface area contributed by atoms with Gasteiger partial charge in [-0.05, 0) is 22.3 Å². The molecule has 0 N–H and O–H groups in total. The van der Waals surface area contributed by atoms with E-state index in [4.69, 9.17) is 32.7 Å². The van der Waals surface area contributed by atoms with Gasteiger partial charge in [0.2, 0.25) is 0 Å². The van der Waals surface area contributed by atoms with Crippen LogP contribution in [0.15, 0.2) is 121 Å². The summed E-state index contributed by atoms with van der Waals surface area (Å²) in [5.41, 5.74) is 3.31. The Hall–Kier alpha value is -2.66. The Bertz CT molecular complexity index is 1450. The summed E-state index contributed by atoms with van der Waals surface area (Å²) in [6.07, 6.45) is -1.78. The minimum atomic E-state index is -3.53. The van der Waals surface area contributed by atoms with Gasteiger partial charge in [-0.2, -0.15) is 9.05 Å². The second kappa shape index (κ2) is 17.7. The second-order valence-corrected chi connectivity index (χ2v) is 15.5. The Morgan fingerprint density at radius 1 is 0.574 bits per heavy atom. The predicted molar refractivity (Wildman–Crippen MR) is 181 cm³/mol. The molecule has 8 nitrogen and oxygen atoms in total. The standard InChI is InChI=1S/C37H41O8PS/c38-46(43-22-13-23-44-46)47-37-36(42-27-32-20-11-4-12-21-32)35(41-26-31-18-9-3-10-19-31)34(40-25-30-16-7-2-8-17-30)33(45-37)28-39-24-29-14-5-1-6-15-29/h1-12,14-21,33-37H,13,22-28H2/t33-,34-,35+,36+,37-/m1/s1. The van der Waals surface area contributed by atoms with Gasteiger partial charge in [0.1, 0.15) is 35.8 Å². The molecule has 248 valence electrons. The first kappa shape index (κ1) is 34.2. The molecule has 2 saturated heterocycles. The summed E-state index contributed by atoms with van der Waals surface area (Å²) in [5.74, 6) is 0. The van der Waals surface area contributed by atoms with Crippen LogP contribution < -0.4 is 4.89 Å². The van der Waals surface area contributed by atoms with Crippen LogP contribution in [0, 0.1) is 0 Å². The molecule has 5 atom stereocenters. The van der Waals surface area contributed by atoms with Crippen LogP contribution in [-0.4, -0.2) is 49.7 Å². The number of ether oxygens (including phenoxy) is 5. The zero-order chi connectivity index (χ0) is 32.2. The van der Waals surface area contributed by atoms with E-state index in [0.29, 0.717) is 46.1 Å². The zero-order valence-electron chi connectivity index (χ0n) is 26.2. The lowest BCUT2D eigenvalue weighted by atomic mass is 9.98. The first-order chi connectivity index (χ1) is 23.2. The average Bonchev–Trinajstić information content (AvgIpc) is 3.12. The molecule has 2 aliphatic rings. The fourth-order valence-electron chi connectivity index (χ4n) is 5.47. The van der Waals surface area contributed by atoms with Crippen molar-refractivity contribution in [2.24, 2.45) is 0 Å². The lowest BCUT2D eigenvalue weighted by Crippen LogP contribution is -2.60. The van der Waals surface area contributed by atoms with Crippen LogP contribution >= 0.6 is 18.5 Å². The van der Waals surface area contributed by atoms with Crippen LogP contribution in [-0.2, 0) is 59.2 Å². The summed E-state index contributed by atoms with van der Waals surface area (Å²) in [6.45, 7) is 2.28. The molecule has 0 unspecified atom stereocenters. The van der Waals surface area contributed by atoms with Crippen molar-refractivity contribution in [2.75, 3.05) is 19.8 Å². The molecule has 2 fully saturated rings. The highest BCUT2D eigenvalue weighted by molar-refractivity contribution is 8.57. The van der Waals surface area contributed by atoms with Crippen LogP contribution in [0.3, 0.4) is 0 Å². The minimum Gasteiger partial charge on any atom is -0.622 e. The molecule has 6 rings (SSSR count). The van der Waals surface area contributed by atoms with Crippen molar-refractivity contribution in [3.63, 3.8) is 0 Å². The van der Waals surface area contributed by atoms with Crippen LogP contribution in [0.2, 0.25) is 0 Å². The van der Waals surface area contributed by atoms with Crippen molar-refractivity contribution < 1.29 is 37.6 Å². The van der Waals surface area contributed by atoms with Gasteiger partial charge in [0.15, 0.2) is 5.44 Å². The third-order valence-corrected chi connectivity index (χ3v) is 11.7. The molecule has 4 aromatic carbocycles. The van der Waals surface area contributed by atoms with E-state index in [1.807, 2.05) is 121 Å². The maximum atomic E-state index is 13.8. The van der Waals surface area contributed by atoms with Crippen molar-refractivity contribution in [1.29, 1.82) is 0 Å². The molecule has 0 amide bonds. The molecule has 0 saturated carbocycles. The van der Waals surface area contributed by atoms with Crippen molar-refractivity contribution in [3.8, 4) is 0 Å². The second-order valence-electron chi connectivity index (χ2n) is 11.4. The number of benzene rings is 4. The smallest absolute Gasteiger partial charge is 0.301 e. The third-order valence-electron chi connectivity index (χ3n) is 7.86. The molecule has 2 heterocycles. The van der Waals surface area contributed by atoms with E-state index < -0.39 is 37.0 Å². The van der Waals surface area contributed by atoms with Gasteiger partial charge in [-0.15, -0.1) is 0 Å². The molecule has 0 radical (unpaired) electrons. The van der Waals surface area contributed by atoms with Crippen molar-refractivity contribution in [2.45, 2.75) is 62.7 Å². The summed E-state index contributed by atoms with van der Waals surface area (Å²) >= 11 is 1.04. The van der Waals surface area contributed by atoms with E-state index in [0.717, 1.165) is 33.6 Å². The molecule has 0 aromatic heterocycles. The summed E-state index contributed by atoms with van der Waals surface area (Å²) in [7, 11) is -3.53. The van der Waals surface area contributed by atoms with E-state index in [1.54, 1.807) is 0 Å². The highest BCUT2D eigenvalue weighted by Gasteiger charge is 2.53. The fourth-order valence-corrected chi connectivity index (χ4v) is 9.26. The van der Waals surface area contributed by atoms with Crippen LogP contribution in [0.4, 0.5) is 0 Å². The van der Waals surface area contributed by atoms with Crippen molar-refractivity contribution >= 4 is 18.5 Å². The molecule has 47 heavy (non-hydrogen) atoms. The third kappa shape index (κ3) is 10.2. The van der Waals surface area contributed by atoms with E-state index >= 15 is 0 Å². The number of rotatable bonds is 15. The van der Waals surface area contributed by atoms with Crippen LogP contribution in [0.25, 0.3) is 0 Å². The molecule has 0 spiro atoms. The maximum Gasteiger partial charge on any atom is 0.301 e. The van der Waals surface area contributed by atoms with E-state index in [2.05, 4.69) is 0 Å². The minimum absolute atomic E-state index is 0.216. The Morgan fingerprint density at radius 3 is 1.49 bits per heavy atom. The highest BCUT2D eigenvalue weighted by atomic mass is 32.7. The average molecular weight is 677 g/mol. The topological polar surface area (TPSA) is 87.7 Å². The molecule has 0 aliphatic carbocycles. The van der Waals surface area contributed by atoms with Crippen molar-refractivity contribution in [3.05, 3.63) is 144 Å². The van der Waals surface area contributed by atoms with Gasteiger partial charge in [0.05, 0.1) is 46.2 Å². The Morgan fingerprint density at radius 2 is 1.00 bits per heavy atom. The number of hydrogen-bond donors (Lipinski definition) is 0. The Labute approximate surface area is 281 Å². The first-order valence-electron chi connectivity index (χ1n) is 16.0. The predicted octanol–water partition coefficient (Wildman–Crippen LogP) is 6.89. The van der Waals surface area contributed by atoms with Gasteiger partial charge in [-0.25, -0.2) is 0 Å². The van der Waals surface area contributed by atoms with Gasteiger partial charge in [-0.3, -0.25) is 0 Å². The molecular formula is C37H41O8PS. The molecule has 0 bridgehead atoms. The quantitative estimate of drug-likeness (QED) is 0.125. The van der Waals surface area contributed by atoms with Gasteiger partial charge in [-0.1, -0.05) is 121 Å². The Kier molecular flexibility index (Phi) is 12.9. The van der Waals surface area contributed by atoms with Crippen LogP contribution in [0.5, 0.6) is 0 Å². The van der Waals surface area contributed by atoms with Gasteiger partial charge in [0, 0.05) is 6.42 Å². The first-order valence-corrected chi connectivity index (χ1v) is 19.0. The lowest BCUT2D eigenvalue weighted by Gasteiger charge is -2.46. The van der Waals surface area contributed by atoms with Crippen molar-refractivity contribution in [1.82, 2.24) is 0 Å². The van der Waals surface area contributed by atoms with E-state index in [-0.39, 0.29) is 6.61 Å². The van der Waals surface area contributed by atoms with Gasteiger partial charge in [0.25, 0.3) is 0 Å². The molecular weight excluding hydrogens is 635 g/mol. The summed E-state index contributed by atoms with van der Waals surface area (Å²) in [6, 6.07) is 39.9. The SMILES string of the molecule is [O-][P+]1(S[C@H]2O[C@H](COCc3ccccc3)[C@@H](OCc3ccccc3)[C@H](OCc3ccccc3)[C@@H]2OCc2ccccc2)OCCCO1. The van der Waals surface area contributed by atoms with E-state index in [9.17, 15) is 4.89 Å². The van der Waals surface area contributed by atoms with Gasteiger partial charge < -0.3 is 28.6 Å². The Balaban J connectivity index is 1.31. The fraction of sp³-hybridized carbons (Fsp3) is 0.351. The maximum absolute atomic E-state index is 13.8. The highest BCUT2D eigenvalue weighted by Crippen LogP contribution is 2.68. The largest absolute Gasteiger partial charge is 0.622 e. The summed E-state index contributed by atoms with van der Waals surface area (Å²) in [5, 5.41) is 0. The molecule has 4 aromatic rings. The zero-order valence-corrected chi connectivity index (χ0v) is 27.9. The summed E-state index contributed by atoms with van der Waals surface area (Å²) in [4.78, 5) is 13.8. The molecule has 2 aliphatic heterocycles. The monoisotopic (exact) mass is 676 g/mol.